The largest absolute Gasteiger partial charge is 0.477 e. The standard InChI is InChI=1S/C16H13F2NO3/c1-9(10-5-3-2-4-6-10)19-15(20)11-7-12(17)14(16(21)22)13(18)8-11/h2-9H,1H3,(H,19,20)(H,21,22)/t9-/m1/s1. The Morgan fingerprint density at radius 1 is 1.09 bits per heavy atom. The van der Waals surface area contributed by atoms with E-state index in [0.29, 0.717) is 12.1 Å². The lowest BCUT2D eigenvalue weighted by atomic mass is 10.1. The highest BCUT2D eigenvalue weighted by molar-refractivity contribution is 5.96. The van der Waals surface area contributed by atoms with Gasteiger partial charge >= 0.3 is 5.97 Å². The van der Waals surface area contributed by atoms with Gasteiger partial charge < -0.3 is 10.4 Å². The second-order valence-electron chi connectivity index (χ2n) is 4.73. The third-order valence-corrected chi connectivity index (χ3v) is 3.17. The minimum atomic E-state index is -1.72. The summed E-state index contributed by atoms with van der Waals surface area (Å²) >= 11 is 0. The van der Waals surface area contributed by atoms with Gasteiger partial charge in [0.05, 0.1) is 6.04 Å². The summed E-state index contributed by atoms with van der Waals surface area (Å²) in [6.07, 6.45) is 0. The van der Waals surface area contributed by atoms with Crippen LogP contribution in [0.15, 0.2) is 42.5 Å². The molecule has 0 heterocycles. The van der Waals surface area contributed by atoms with Crippen molar-refractivity contribution < 1.29 is 23.5 Å². The van der Waals surface area contributed by atoms with Crippen molar-refractivity contribution in [3.63, 3.8) is 0 Å². The number of carbonyl (C=O) groups is 2. The van der Waals surface area contributed by atoms with E-state index in [4.69, 9.17) is 5.11 Å². The van der Waals surface area contributed by atoms with Crippen molar-refractivity contribution in [1.82, 2.24) is 5.32 Å². The lowest BCUT2D eigenvalue weighted by molar-refractivity contribution is 0.0685. The molecule has 114 valence electrons. The average Bonchev–Trinajstić information content (AvgIpc) is 2.46. The molecule has 1 atom stereocenters. The zero-order valence-corrected chi connectivity index (χ0v) is 11.6. The van der Waals surface area contributed by atoms with Gasteiger partial charge in [-0.15, -0.1) is 0 Å². The summed E-state index contributed by atoms with van der Waals surface area (Å²) in [7, 11) is 0. The molecule has 0 aliphatic heterocycles. The summed E-state index contributed by atoms with van der Waals surface area (Å²) in [5.74, 6) is -4.99. The van der Waals surface area contributed by atoms with Gasteiger partial charge in [0, 0.05) is 5.56 Å². The fourth-order valence-corrected chi connectivity index (χ4v) is 2.01. The van der Waals surface area contributed by atoms with E-state index in [-0.39, 0.29) is 11.6 Å². The first-order valence-corrected chi connectivity index (χ1v) is 6.48. The summed E-state index contributed by atoms with van der Waals surface area (Å²) in [6, 6.07) is 10.1. The Labute approximate surface area is 125 Å². The fraction of sp³-hybridized carbons (Fsp3) is 0.125. The molecule has 0 aromatic heterocycles. The first kappa shape index (κ1) is 15.6. The van der Waals surface area contributed by atoms with Crippen LogP contribution in [0.25, 0.3) is 0 Å². The molecule has 0 unspecified atom stereocenters. The second-order valence-corrected chi connectivity index (χ2v) is 4.73. The highest BCUT2D eigenvalue weighted by Crippen LogP contribution is 2.17. The van der Waals surface area contributed by atoms with Gasteiger partial charge in [-0.1, -0.05) is 30.3 Å². The minimum absolute atomic E-state index is 0.275. The number of rotatable bonds is 4. The molecule has 2 N–H and O–H groups in total. The normalized spacial score (nSPS) is 11.8. The van der Waals surface area contributed by atoms with Crippen LogP contribution < -0.4 is 5.32 Å². The molecule has 6 heteroatoms. The molecule has 0 saturated carbocycles. The zero-order valence-electron chi connectivity index (χ0n) is 11.6. The van der Waals surface area contributed by atoms with Gasteiger partial charge in [-0.2, -0.15) is 0 Å². The van der Waals surface area contributed by atoms with Crippen molar-refractivity contribution in [2.45, 2.75) is 13.0 Å². The molecule has 0 fully saturated rings. The number of carboxylic acid groups (broad SMARTS) is 1. The number of amides is 1. The van der Waals surface area contributed by atoms with Crippen LogP contribution in [0.1, 0.15) is 39.2 Å². The summed E-state index contributed by atoms with van der Waals surface area (Å²) in [6.45, 7) is 1.73. The van der Waals surface area contributed by atoms with Gasteiger partial charge in [0.15, 0.2) is 0 Å². The van der Waals surface area contributed by atoms with Gasteiger partial charge in [0.25, 0.3) is 5.91 Å². The predicted octanol–water partition coefficient (Wildman–Crippen LogP) is 3.15. The molecule has 0 spiro atoms. The molecular weight excluding hydrogens is 292 g/mol. The predicted molar refractivity (Wildman–Crippen MR) is 75.6 cm³/mol. The molecule has 1 amide bonds. The number of hydrogen-bond acceptors (Lipinski definition) is 2. The smallest absolute Gasteiger partial charge is 0.341 e. The zero-order chi connectivity index (χ0) is 16.3. The van der Waals surface area contributed by atoms with Gasteiger partial charge in [0.2, 0.25) is 0 Å². The van der Waals surface area contributed by atoms with Crippen molar-refractivity contribution in [1.29, 1.82) is 0 Å². The summed E-state index contributed by atoms with van der Waals surface area (Å²) < 4.78 is 27.2. The van der Waals surface area contributed by atoms with Gasteiger partial charge in [-0.25, -0.2) is 13.6 Å². The number of nitrogens with one attached hydrogen (secondary N) is 1. The molecule has 2 aromatic carbocycles. The van der Waals surface area contributed by atoms with Gasteiger partial charge in [0.1, 0.15) is 17.2 Å². The Hall–Kier alpha value is -2.76. The molecule has 2 rings (SSSR count). The van der Waals surface area contributed by atoms with Crippen molar-refractivity contribution in [2.75, 3.05) is 0 Å². The van der Waals surface area contributed by atoms with Crippen LogP contribution in [0.2, 0.25) is 0 Å². The monoisotopic (exact) mass is 305 g/mol. The number of carboxylic acids is 1. The molecule has 0 bridgehead atoms. The van der Waals surface area contributed by atoms with Crippen LogP contribution in [-0.4, -0.2) is 17.0 Å². The minimum Gasteiger partial charge on any atom is -0.477 e. The second kappa shape index (κ2) is 6.34. The Bertz CT molecular complexity index is 694. The van der Waals surface area contributed by atoms with Crippen LogP contribution in [0.5, 0.6) is 0 Å². The number of halogens is 2. The van der Waals surface area contributed by atoms with E-state index in [2.05, 4.69) is 5.32 Å². The van der Waals surface area contributed by atoms with E-state index >= 15 is 0 Å². The average molecular weight is 305 g/mol. The Morgan fingerprint density at radius 3 is 2.14 bits per heavy atom. The van der Waals surface area contributed by atoms with Crippen LogP contribution in [0, 0.1) is 11.6 Å². The Morgan fingerprint density at radius 2 is 1.64 bits per heavy atom. The van der Waals surface area contributed by atoms with Gasteiger partial charge in [-0.3, -0.25) is 4.79 Å². The van der Waals surface area contributed by atoms with Crippen molar-refractivity contribution in [3.05, 3.63) is 70.8 Å². The summed E-state index contributed by atoms with van der Waals surface area (Å²) in [5.41, 5.74) is -0.519. The molecule has 0 radical (unpaired) electrons. The van der Waals surface area contributed by atoms with E-state index < -0.39 is 29.1 Å². The van der Waals surface area contributed by atoms with Crippen LogP contribution in [-0.2, 0) is 0 Å². The molecule has 2 aromatic rings. The van der Waals surface area contributed by atoms with E-state index in [9.17, 15) is 18.4 Å². The third-order valence-electron chi connectivity index (χ3n) is 3.17. The molecular formula is C16H13F2NO3. The Balaban J connectivity index is 2.22. The maximum Gasteiger partial charge on any atom is 0.341 e. The van der Waals surface area contributed by atoms with Crippen LogP contribution in [0.3, 0.4) is 0 Å². The van der Waals surface area contributed by atoms with Crippen LogP contribution in [0.4, 0.5) is 8.78 Å². The van der Waals surface area contributed by atoms with Crippen molar-refractivity contribution in [3.8, 4) is 0 Å². The molecule has 4 nitrogen and oxygen atoms in total. The lowest BCUT2D eigenvalue weighted by Gasteiger charge is -2.14. The van der Waals surface area contributed by atoms with Crippen molar-refractivity contribution in [2.24, 2.45) is 0 Å². The van der Waals surface area contributed by atoms with Gasteiger partial charge in [-0.05, 0) is 24.6 Å². The third kappa shape index (κ3) is 3.28. The summed E-state index contributed by atoms with van der Waals surface area (Å²) in [4.78, 5) is 22.7. The number of hydrogen-bond donors (Lipinski definition) is 2. The Kier molecular flexibility index (Phi) is 4.50. The van der Waals surface area contributed by atoms with Crippen molar-refractivity contribution >= 4 is 11.9 Å². The maximum atomic E-state index is 13.6. The molecule has 0 aliphatic rings. The maximum absolute atomic E-state index is 13.6. The first-order valence-electron chi connectivity index (χ1n) is 6.48. The molecule has 0 saturated heterocycles. The quantitative estimate of drug-likeness (QED) is 0.912. The topological polar surface area (TPSA) is 66.4 Å². The van der Waals surface area contributed by atoms with E-state index in [0.717, 1.165) is 5.56 Å². The molecule has 0 aliphatic carbocycles. The summed E-state index contributed by atoms with van der Waals surface area (Å²) in [5, 5.41) is 11.3. The molecule has 22 heavy (non-hydrogen) atoms. The fourth-order valence-electron chi connectivity index (χ4n) is 2.01. The number of benzene rings is 2. The first-order chi connectivity index (χ1) is 10.4. The number of aromatic carboxylic acids is 1. The lowest BCUT2D eigenvalue weighted by Crippen LogP contribution is -2.27. The van der Waals surface area contributed by atoms with E-state index in [1.807, 2.05) is 6.07 Å². The number of carbonyl (C=O) groups excluding carboxylic acids is 1. The highest BCUT2D eigenvalue weighted by Gasteiger charge is 2.20. The highest BCUT2D eigenvalue weighted by atomic mass is 19.1. The van der Waals surface area contributed by atoms with E-state index in [1.165, 1.54) is 0 Å². The van der Waals surface area contributed by atoms with Crippen LogP contribution >= 0.6 is 0 Å². The SMILES string of the molecule is C[C@@H](NC(=O)c1cc(F)c(C(=O)O)c(F)c1)c1ccccc1. The van der Waals surface area contributed by atoms with E-state index in [1.54, 1.807) is 31.2 Å².